The van der Waals surface area contributed by atoms with Gasteiger partial charge >= 0.3 is 5.69 Å². The quantitative estimate of drug-likeness (QED) is 0.514. The Morgan fingerprint density at radius 1 is 1.33 bits per heavy atom. The van der Waals surface area contributed by atoms with Crippen LogP contribution in [0.25, 0.3) is 16.8 Å². The van der Waals surface area contributed by atoms with Crippen molar-refractivity contribution in [2.24, 2.45) is 7.05 Å². The fraction of sp³-hybridized carbons (Fsp3) is 0.353. The molecule has 1 fully saturated rings. The van der Waals surface area contributed by atoms with Crippen LogP contribution in [0.2, 0.25) is 0 Å². The first kappa shape index (κ1) is 18.5. The second-order valence-corrected chi connectivity index (χ2v) is 7.08. The Balaban J connectivity index is 1.61. The zero-order valence-electron chi connectivity index (χ0n) is 15.7. The number of hydrogen-bond acceptors (Lipinski definition) is 7. The molecule has 0 unspecified atom stereocenters. The second-order valence-electron chi connectivity index (χ2n) is 7.08. The molecule has 1 saturated heterocycles. The predicted octanol–water partition coefficient (Wildman–Crippen LogP) is 1.23. The van der Waals surface area contributed by atoms with Crippen LogP contribution in [0.1, 0.15) is 12.5 Å². The Bertz CT molecular complexity index is 1330. The SMILES string of the molecule is Cn1c(=O)n([C@H]2CCNCC2(F)F)c2nc(Nc3cn4ncnc4cc3F)ncc21. The van der Waals surface area contributed by atoms with Gasteiger partial charge in [0.15, 0.2) is 17.1 Å². The molecular weight excluding hydrogens is 403 g/mol. The van der Waals surface area contributed by atoms with Gasteiger partial charge < -0.3 is 10.6 Å². The summed E-state index contributed by atoms with van der Waals surface area (Å²) < 4.78 is 47.0. The fourth-order valence-corrected chi connectivity index (χ4v) is 3.67. The number of hydrogen-bond donors (Lipinski definition) is 2. The number of rotatable bonds is 3. The Hall–Kier alpha value is -3.48. The van der Waals surface area contributed by atoms with Crippen LogP contribution in [0.4, 0.5) is 24.8 Å². The number of aryl methyl sites for hydroxylation is 1. The van der Waals surface area contributed by atoms with Crippen LogP contribution in [0.5, 0.6) is 0 Å². The number of halogens is 3. The number of aromatic nitrogens is 7. The van der Waals surface area contributed by atoms with Gasteiger partial charge in [-0.05, 0) is 13.0 Å². The topological polar surface area (TPSA) is 107 Å². The molecule has 1 aliphatic rings. The summed E-state index contributed by atoms with van der Waals surface area (Å²) in [4.78, 5) is 25.0. The van der Waals surface area contributed by atoms with Crippen LogP contribution in [0.3, 0.4) is 0 Å². The lowest BCUT2D eigenvalue weighted by Gasteiger charge is -2.32. The van der Waals surface area contributed by atoms with Crippen LogP contribution in [-0.4, -0.2) is 52.7 Å². The van der Waals surface area contributed by atoms with E-state index in [9.17, 15) is 18.0 Å². The number of imidazole rings is 1. The van der Waals surface area contributed by atoms with Crippen LogP contribution in [-0.2, 0) is 7.05 Å². The highest BCUT2D eigenvalue weighted by atomic mass is 19.3. The minimum atomic E-state index is -3.13. The molecule has 1 atom stereocenters. The van der Waals surface area contributed by atoms with Crippen molar-refractivity contribution in [1.82, 2.24) is 39.0 Å². The molecule has 0 aromatic carbocycles. The van der Waals surface area contributed by atoms with E-state index in [-0.39, 0.29) is 23.7 Å². The highest BCUT2D eigenvalue weighted by Gasteiger charge is 2.44. The molecule has 0 amide bonds. The maximum absolute atomic E-state index is 14.5. The van der Waals surface area contributed by atoms with Gasteiger partial charge in [0, 0.05) is 13.1 Å². The average Bonchev–Trinajstić information content (AvgIpc) is 3.25. The minimum Gasteiger partial charge on any atom is -0.320 e. The summed E-state index contributed by atoms with van der Waals surface area (Å²) in [5.41, 5.74) is 0.0722. The highest BCUT2D eigenvalue weighted by Crippen LogP contribution is 2.34. The zero-order chi connectivity index (χ0) is 21.0. The molecule has 156 valence electrons. The Morgan fingerprint density at radius 3 is 2.97 bits per heavy atom. The van der Waals surface area contributed by atoms with Gasteiger partial charge in [-0.15, -0.1) is 0 Å². The first-order chi connectivity index (χ1) is 14.3. The summed E-state index contributed by atoms with van der Waals surface area (Å²) in [5.74, 6) is -3.79. The molecular formula is C17H16F3N9O. The fourth-order valence-electron chi connectivity index (χ4n) is 3.67. The Kier molecular flexibility index (Phi) is 4.03. The molecule has 10 nitrogen and oxygen atoms in total. The van der Waals surface area contributed by atoms with E-state index in [1.54, 1.807) is 0 Å². The molecule has 13 heteroatoms. The minimum absolute atomic E-state index is 0.0179. The number of pyridine rings is 1. The molecule has 30 heavy (non-hydrogen) atoms. The van der Waals surface area contributed by atoms with Gasteiger partial charge in [-0.1, -0.05) is 0 Å². The third kappa shape index (κ3) is 2.81. The summed E-state index contributed by atoms with van der Waals surface area (Å²) in [6.07, 6.45) is 4.05. The molecule has 0 spiro atoms. The van der Waals surface area contributed by atoms with Crippen molar-refractivity contribution in [2.45, 2.75) is 18.4 Å². The molecule has 4 aromatic rings. The van der Waals surface area contributed by atoms with E-state index in [1.807, 2.05) is 0 Å². The average molecular weight is 419 g/mol. The van der Waals surface area contributed by atoms with Crippen molar-refractivity contribution in [3.8, 4) is 0 Å². The smallest absolute Gasteiger partial charge is 0.320 e. The first-order valence-corrected chi connectivity index (χ1v) is 9.13. The lowest BCUT2D eigenvalue weighted by molar-refractivity contribution is -0.0658. The number of nitrogens with zero attached hydrogens (tertiary/aromatic N) is 7. The first-order valence-electron chi connectivity index (χ1n) is 9.13. The summed E-state index contributed by atoms with van der Waals surface area (Å²) in [6.45, 7) is -0.178. The van der Waals surface area contributed by atoms with E-state index in [4.69, 9.17) is 0 Å². The van der Waals surface area contributed by atoms with Crippen molar-refractivity contribution < 1.29 is 13.2 Å². The summed E-state index contributed by atoms with van der Waals surface area (Å²) in [5, 5.41) is 9.29. The molecule has 0 radical (unpaired) electrons. The predicted molar refractivity (Wildman–Crippen MR) is 100 cm³/mol. The summed E-state index contributed by atoms with van der Waals surface area (Å²) in [7, 11) is 1.47. The van der Waals surface area contributed by atoms with Crippen molar-refractivity contribution in [3.05, 3.63) is 41.1 Å². The van der Waals surface area contributed by atoms with E-state index in [0.29, 0.717) is 17.7 Å². The molecule has 0 saturated carbocycles. The molecule has 4 aromatic heterocycles. The van der Waals surface area contributed by atoms with E-state index in [2.05, 4.69) is 30.7 Å². The molecule has 2 N–H and O–H groups in total. The number of anilines is 2. The van der Waals surface area contributed by atoms with Gasteiger partial charge in [0.2, 0.25) is 5.95 Å². The van der Waals surface area contributed by atoms with Crippen molar-refractivity contribution in [1.29, 1.82) is 0 Å². The van der Waals surface area contributed by atoms with Crippen molar-refractivity contribution in [2.75, 3.05) is 18.4 Å². The van der Waals surface area contributed by atoms with Gasteiger partial charge in [0.1, 0.15) is 17.9 Å². The van der Waals surface area contributed by atoms with Gasteiger partial charge in [0.25, 0.3) is 5.92 Å². The zero-order valence-corrected chi connectivity index (χ0v) is 15.7. The van der Waals surface area contributed by atoms with E-state index in [1.165, 1.54) is 40.9 Å². The lowest BCUT2D eigenvalue weighted by atomic mass is 10.0. The van der Waals surface area contributed by atoms with Gasteiger partial charge in [-0.3, -0.25) is 9.13 Å². The number of nitrogens with one attached hydrogen (secondary N) is 2. The van der Waals surface area contributed by atoms with Crippen LogP contribution < -0.4 is 16.3 Å². The van der Waals surface area contributed by atoms with Gasteiger partial charge in [-0.25, -0.2) is 32.4 Å². The maximum Gasteiger partial charge on any atom is 0.330 e. The maximum atomic E-state index is 14.5. The van der Waals surface area contributed by atoms with Crippen LogP contribution in [0, 0.1) is 5.82 Å². The summed E-state index contributed by atoms with van der Waals surface area (Å²) in [6, 6.07) is -0.164. The lowest BCUT2D eigenvalue weighted by Crippen LogP contribution is -2.49. The highest BCUT2D eigenvalue weighted by molar-refractivity contribution is 5.73. The number of fused-ring (bicyclic) bond motifs is 2. The largest absolute Gasteiger partial charge is 0.330 e. The second kappa shape index (κ2) is 6.52. The van der Waals surface area contributed by atoms with Crippen LogP contribution >= 0.6 is 0 Å². The normalized spacial score (nSPS) is 18.9. The third-order valence-electron chi connectivity index (χ3n) is 5.20. The monoisotopic (exact) mass is 419 g/mol. The molecule has 1 aliphatic heterocycles. The van der Waals surface area contributed by atoms with Crippen LogP contribution in [0.15, 0.2) is 29.6 Å². The van der Waals surface area contributed by atoms with E-state index >= 15 is 0 Å². The van der Waals surface area contributed by atoms with Gasteiger partial charge in [0.05, 0.1) is 24.6 Å². The molecule has 5 rings (SSSR count). The molecule has 0 aliphatic carbocycles. The van der Waals surface area contributed by atoms with Crippen molar-refractivity contribution >= 4 is 28.4 Å². The molecule has 0 bridgehead atoms. The number of piperidine rings is 1. The summed E-state index contributed by atoms with van der Waals surface area (Å²) >= 11 is 0. The van der Waals surface area contributed by atoms with E-state index < -0.39 is 30.0 Å². The standard InChI is InChI=1S/C17H16F3N9O/c1-27-11-5-22-15(25-10-6-28-13(4-9(10)18)23-8-24-28)26-14(11)29(16(27)30)12-2-3-21-7-17(12,19)20/h4-6,8,12,21H,2-3,7H2,1H3,(H,22,25,26)/t12-/m0/s1. The Morgan fingerprint density at radius 2 is 2.17 bits per heavy atom. The van der Waals surface area contributed by atoms with Gasteiger partial charge in [-0.2, -0.15) is 10.1 Å². The van der Waals surface area contributed by atoms with Crippen molar-refractivity contribution in [3.63, 3.8) is 0 Å². The Labute approximate surface area is 166 Å². The third-order valence-corrected chi connectivity index (χ3v) is 5.20. The number of alkyl halides is 2. The molecule has 5 heterocycles. The van der Waals surface area contributed by atoms with E-state index in [0.717, 1.165) is 4.57 Å².